The van der Waals surface area contributed by atoms with Crippen molar-refractivity contribution >= 4 is 5.97 Å². The maximum Gasteiger partial charge on any atom is 0.310 e. The summed E-state index contributed by atoms with van der Waals surface area (Å²) >= 11 is 0. The van der Waals surface area contributed by atoms with Crippen LogP contribution in [-0.2, 0) is 20.9 Å². The average Bonchev–Trinajstić information content (AvgIpc) is 3.09. The monoisotopic (exact) mass is 346 g/mol. The van der Waals surface area contributed by atoms with Crippen molar-refractivity contribution in [1.82, 2.24) is 0 Å². The number of carbonyl (C=O) groups excluding carboxylic acids is 1. The predicted octanol–water partition coefficient (Wildman–Crippen LogP) is 4.03. The molecule has 0 unspecified atom stereocenters. The first-order valence-electron chi connectivity index (χ1n) is 7.32. The molecule has 0 heterocycles. The van der Waals surface area contributed by atoms with Gasteiger partial charge in [-0.25, -0.2) is 17.6 Å². The van der Waals surface area contributed by atoms with Gasteiger partial charge < -0.3 is 9.47 Å². The number of rotatable bonds is 5. The number of methoxy groups -OCH3 is 1. The number of hydrogen-bond acceptors (Lipinski definition) is 3. The molecule has 0 radical (unpaired) electrons. The molecule has 7 heteroatoms. The molecule has 2 atom stereocenters. The van der Waals surface area contributed by atoms with E-state index in [4.69, 9.17) is 9.47 Å². The second kappa shape index (κ2) is 6.45. The number of benzene rings is 1. The van der Waals surface area contributed by atoms with Gasteiger partial charge in [-0.1, -0.05) is 13.8 Å². The van der Waals surface area contributed by atoms with Gasteiger partial charge >= 0.3 is 5.97 Å². The Bertz CT molecular complexity index is 669. The van der Waals surface area contributed by atoms with Gasteiger partial charge in [-0.2, -0.15) is 0 Å². The van der Waals surface area contributed by atoms with E-state index in [1.807, 2.05) is 13.8 Å². The average molecular weight is 346 g/mol. The standard InChI is InChI=1S/C17H18F4O3/c1-8-12(18)14(20)9(15(21)13(8)19)7-24-16(22)11-10(5-6-23-4)17(11,2)3/h5-6,10-11H,7H2,1-4H3/b6-5-/t10-,11+/m1/s1. The van der Waals surface area contributed by atoms with Crippen molar-refractivity contribution in [3.63, 3.8) is 0 Å². The summed E-state index contributed by atoms with van der Waals surface area (Å²) in [4.78, 5) is 12.1. The topological polar surface area (TPSA) is 35.5 Å². The Hall–Kier alpha value is -2.05. The maximum atomic E-state index is 13.8. The molecule has 0 aromatic heterocycles. The highest BCUT2D eigenvalue weighted by Gasteiger charge is 2.61. The molecule has 2 rings (SSSR count). The summed E-state index contributed by atoms with van der Waals surface area (Å²) in [6.07, 6.45) is 3.13. The van der Waals surface area contributed by atoms with Gasteiger partial charge in [0.25, 0.3) is 0 Å². The smallest absolute Gasteiger partial charge is 0.310 e. The quantitative estimate of drug-likeness (QED) is 0.350. The summed E-state index contributed by atoms with van der Waals surface area (Å²) < 4.78 is 64.2. The third-order valence-corrected chi connectivity index (χ3v) is 4.52. The largest absolute Gasteiger partial charge is 0.505 e. The molecular formula is C17H18F4O3. The fraction of sp³-hybridized carbons (Fsp3) is 0.471. The van der Waals surface area contributed by atoms with Crippen LogP contribution < -0.4 is 0 Å². The highest BCUT2D eigenvalue weighted by molar-refractivity contribution is 5.78. The summed E-state index contributed by atoms with van der Waals surface area (Å²) in [6.45, 7) is 3.70. The van der Waals surface area contributed by atoms with Crippen molar-refractivity contribution in [2.75, 3.05) is 7.11 Å². The Morgan fingerprint density at radius 2 is 1.67 bits per heavy atom. The van der Waals surface area contributed by atoms with Gasteiger partial charge in [0.2, 0.25) is 0 Å². The minimum absolute atomic E-state index is 0.147. The Kier molecular flexibility index (Phi) is 4.92. The molecule has 1 saturated carbocycles. The molecule has 0 saturated heterocycles. The predicted molar refractivity (Wildman–Crippen MR) is 77.7 cm³/mol. The van der Waals surface area contributed by atoms with E-state index < -0.39 is 58.3 Å². The zero-order valence-corrected chi connectivity index (χ0v) is 13.8. The lowest BCUT2D eigenvalue weighted by molar-refractivity contribution is -0.147. The lowest BCUT2D eigenvalue weighted by atomic mass is 10.1. The maximum absolute atomic E-state index is 13.8. The number of hydrogen-bond donors (Lipinski definition) is 0. The number of esters is 1. The molecule has 0 bridgehead atoms. The molecule has 0 aliphatic heterocycles. The third kappa shape index (κ3) is 2.99. The normalized spacial score (nSPS) is 21.8. The zero-order chi connectivity index (χ0) is 18.2. The van der Waals surface area contributed by atoms with Gasteiger partial charge in [-0.3, -0.25) is 4.79 Å². The highest BCUT2D eigenvalue weighted by atomic mass is 19.2. The molecule has 0 spiro atoms. The van der Waals surface area contributed by atoms with Crippen molar-refractivity contribution in [1.29, 1.82) is 0 Å². The van der Waals surface area contributed by atoms with Crippen LogP contribution in [0.15, 0.2) is 12.3 Å². The second-order valence-electron chi connectivity index (χ2n) is 6.36. The van der Waals surface area contributed by atoms with E-state index >= 15 is 0 Å². The fourth-order valence-corrected chi connectivity index (χ4v) is 2.80. The van der Waals surface area contributed by atoms with Crippen molar-refractivity contribution in [2.24, 2.45) is 17.3 Å². The summed E-state index contributed by atoms with van der Waals surface area (Å²) in [5, 5.41) is 0. The Morgan fingerprint density at radius 3 is 2.17 bits per heavy atom. The van der Waals surface area contributed by atoms with E-state index in [2.05, 4.69) is 0 Å². The minimum Gasteiger partial charge on any atom is -0.505 e. The summed E-state index contributed by atoms with van der Waals surface area (Å²) in [5.41, 5.74) is -2.09. The lowest BCUT2D eigenvalue weighted by Gasteiger charge is -2.10. The number of allylic oxidation sites excluding steroid dienone is 1. The molecule has 0 N–H and O–H groups in total. The molecular weight excluding hydrogens is 328 g/mol. The first-order valence-corrected chi connectivity index (χ1v) is 7.32. The van der Waals surface area contributed by atoms with Crippen LogP contribution in [0.4, 0.5) is 17.6 Å². The minimum atomic E-state index is -1.55. The fourth-order valence-electron chi connectivity index (χ4n) is 2.80. The van der Waals surface area contributed by atoms with Gasteiger partial charge in [0.1, 0.15) is 6.61 Å². The van der Waals surface area contributed by atoms with Crippen LogP contribution in [0.3, 0.4) is 0 Å². The van der Waals surface area contributed by atoms with Gasteiger partial charge in [-0.15, -0.1) is 0 Å². The van der Waals surface area contributed by atoms with E-state index in [1.54, 1.807) is 6.08 Å². The van der Waals surface area contributed by atoms with Crippen LogP contribution in [0.2, 0.25) is 0 Å². The van der Waals surface area contributed by atoms with Crippen molar-refractivity contribution in [3.05, 3.63) is 46.7 Å². The van der Waals surface area contributed by atoms with Crippen molar-refractivity contribution in [2.45, 2.75) is 27.4 Å². The first-order chi connectivity index (χ1) is 11.1. The Labute approximate surface area is 137 Å². The Morgan fingerprint density at radius 1 is 1.12 bits per heavy atom. The van der Waals surface area contributed by atoms with Crippen LogP contribution in [0, 0.1) is 47.4 Å². The van der Waals surface area contributed by atoms with E-state index in [-0.39, 0.29) is 5.92 Å². The summed E-state index contributed by atoms with van der Waals surface area (Å²) in [7, 11) is 1.46. The van der Waals surface area contributed by atoms with Crippen molar-refractivity contribution < 1.29 is 31.8 Å². The lowest BCUT2D eigenvalue weighted by Crippen LogP contribution is -2.14. The zero-order valence-electron chi connectivity index (χ0n) is 13.8. The second-order valence-corrected chi connectivity index (χ2v) is 6.36. The molecule has 1 fully saturated rings. The molecule has 1 aliphatic carbocycles. The Balaban J connectivity index is 2.13. The molecule has 1 aromatic rings. The molecule has 24 heavy (non-hydrogen) atoms. The first kappa shape index (κ1) is 18.3. The summed E-state index contributed by atoms with van der Waals surface area (Å²) in [6, 6.07) is 0. The molecule has 1 aliphatic rings. The van der Waals surface area contributed by atoms with Crippen LogP contribution in [0.5, 0.6) is 0 Å². The van der Waals surface area contributed by atoms with E-state index in [0.29, 0.717) is 0 Å². The SMILES string of the molecule is CO/C=C\[C@@H]1[C@@H](C(=O)OCc2c(F)c(F)c(C)c(F)c2F)C1(C)C. The number of halogens is 4. The van der Waals surface area contributed by atoms with E-state index in [0.717, 1.165) is 6.92 Å². The van der Waals surface area contributed by atoms with Gasteiger partial charge in [-0.05, 0) is 24.3 Å². The van der Waals surface area contributed by atoms with E-state index in [1.165, 1.54) is 13.4 Å². The number of carbonyl (C=O) groups is 1. The van der Waals surface area contributed by atoms with Crippen LogP contribution >= 0.6 is 0 Å². The van der Waals surface area contributed by atoms with Gasteiger partial charge in [0, 0.05) is 5.56 Å². The van der Waals surface area contributed by atoms with Gasteiger partial charge in [0.15, 0.2) is 23.3 Å². The highest BCUT2D eigenvalue weighted by Crippen LogP contribution is 2.59. The third-order valence-electron chi connectivity index (χ3n) is 4.52. The van der Waals surface area contributed by atoms with Gasteiger partial charge in [0.05, 0.1) is 24.9 Å². The molecule has 0 amide bonds. The molecule has 132 valence electrons. The molecule has 3 nitrogen and oxygen atoms in total. The van der Waals surface area contributed by atoms with Crippen LogP contribution in [0.1, 0.15) is 25.0 Å². The molecule has 1 aromatic carbocycles. The summed E-state index contributed by atoms with van der Waals surface area (Å²) in [5.74, 6) is -7.44. The van der Waals surface area contributed by atoms with E-state index in [9.17, 15) is 22.4 Å². The van der Waals surface area contributed by atoms with Crippen molar-refractivity contribution in [3.8, 4) is 0 Å². The van der Waals surface area contributed by atoms with Crippen LogP contribution in [0.25, 0.3) is 0 Å². The van der Waals surface area contributed by atoms with Crippen LogP contribution in [-0.4, -0.2) is 13.1 Å². The number of ether oxygens (including phenoxy) is 2.